The molecule has 0 N–H and O–H groups in total. The Balaban J connectivity index is 2.00. The Labute approximate surface area is 132 Å². The zero-order chi connectivity index (χ0) is 15.9. The number of methoxy groups -OCH3 is 1. The van der Waals surface area contributed by atoms with Gasteiger partial charge in [-0.3, -0.25) is 4.79 Å². The largest absolute Gasteiger partial charge is 0.493 e. The van der Waals surface area contributed by atoms with Crippen molar-refractivity contribution in [3.63, 3.8) is 0 Å². The maximum Gasteiger partial charge on any atom is 0.260 e. The molecule has 0 aliphatic carbocycles. The Morgan fingerprint density at radius 2 is 2.18 bits per heavy atom. The van der Waals surface area contributed by atoms with Crippen molar-refractivity contribution >= 4 is 12.0 Å². The molecule has 1 fully saturated rings. The number of carbonyl (C=O) groups is 1. The van der Waals surface area contributed by atoms with Crippen molar-refractivity contribution in [2.24, 2.45) is 0 Å². The summed E-state index contributed by atoms with van der Waals surface area (Å²) in [6, 6.07) is 6.01. The first-order chi connectivity index (χ1) is 10.7. The Hall–Kier alpha value is -1.97. The summed E-state index contributed by atoms with van der Waals surface area (Å²) in [6.07, 6.45) is 7.32. The predicted octanol–water partition coefficient (Wildman–Crippen LogP) is 3.51. The van der Waals surface area contributed by atoms with E-state index in [2.05, 4.69) is 6.92 Å². The minimum absolute atomic E-state index is 0.0479. The van der Waals surface area contributed by atoms with Crippen LogP contribution in [0.25, 0.3) is 6.08 Å². The van der Waals surface area contributed by atoms with E-state index in [1.165, 1.54) is 6.42 Å². The van der Waals surface area contributed by atoms with Crippen molar-refractivity contribution in [2.45, 2.75) is 39.2 Å². The fourth-order valence-corrected chi connectivity index (χ4v) is 2.79. The first-order valence-corrected chi connectivity index (χ1v) is 7.88. The van der Waals surface area contributed by atoms with Crippen LogP contribution in [0.15, 0.2) is 24.3 Å². The van der Waals surface area contributed by atoms with Crippen molar-refractivity contribution in [3.05, 3.63) is 29.8 Å². The van der Waals surface area contributed by atoms with Gasteiger partial charge in [0.1, 0.15) is 0 Å². The highest BCUT2D eigenvalue weighted by Gasteiger charge is 2.23. The summed E-state index contributed by atoms with van der Waals surface area (Å²) in [4.78, 5) is 14.2. The van der Waals surface area contributed by atoms with Gasteiger partial charge in [0, 0.05) is 12.6 Å². The quantitative estimate of drug-likeness (QED) is 0.835. The van der Waals surface area contributed by atoms with Crippen LogP contribution in [0.3, 0.4) is 0 Å². The van der Waals surface area contributed by atoms with E-state index in [-0.39, 0.29) is 12.5 Å². The zero-order valence-corrected chi connectivity index (χ0v) is 13.7. The highest BCUT2D eigenvalue weighted by molar-refractivity contribution is 5.78. The van der Waals surface area contributed by atoms with Crippen molar-refractivity contribution in [1.29, 1.82) is 0 Å². The van der Waals surface area contributed by atoms with E-state index < -0.39 is 0 Å². The van der Waals surface area contributed by atoms with Crippen LogP contribution < -0.4 is 9.47 Å². The Morgan fingerprint density at radius 3 is 2.86 bits per heavy atom. The van der Waals surface area contributed by atoms with Gasteiger partial charge < -0.3 is 14.4 Å². The molecular formula is C18H25NO3. The predicted molar refractivity (Wildman–Crippen MR) is 88.2 cm³/mol. The number of nitrogens with zero attached hydrogens (tertiary/aromatic N) is 1. The number of hydrogen-bond acceptors (Lipinski definition) is 3. The average Bonchev–Trinajstić information content (AvgIpc) is 2.54. The molecule has 1 heterocycles. The average molecular weight is 303 g/mol. The molecule has 1 aliphatic rings. The van der Waals surface area contributed by atoms with Crippen molar-refractivity contribution in [3.8, 4) is 11.5 Å². The smallest absolute Gasteiger partial charge is 0.260 e. The molecule has 1 aromatic rings. The van der Waals surface area contributed by atoms with Gasteiger partial charge in [-0.05, 0) is 50.8 Å². The molecule has 120 valence electrons. The van der Waals surface area contributed by atoms with E-state index in [1.807, 2.05) is 42.2 Å². The second-order valence-corrected chi connectivity index (χ2v) is 5.63. The molecule has 1 aliphatic heterocycles. The van der Waals surface area contributed by atoms with Gasteiger partial charge in [-0.2, -0.15) is 0 Å². The third kappa shape index (κ3) is 4.03. The molecule has 2 rings (SSSR count). The SMILES string of the molecule is CC=Cc1ccc(OCC(=O)N2CCCCC2C)c(OC)c1. The van der Waals surface area contributed by atoms with Crippen molar-refractivity contribution in [1.82, 2.24) is 4.90 Å². The topological polar surface area (TPSA) is 38.8 Å². The molecule has 1 amide bonds. The molecule has 0 bridgehead atoms. The van der Waals surface area contributed by atoms with Crippen molar-refractivity contribution in [2.75, 3.05) is 20.3 Å². The van der Waals surface area contributed by atoms with Crippen LogP contribution in [0, 0.1) is 0 Å². The number of allylic oxidation sites excluding steroid dienone is 1. The van der Waals surface area contributed by atoms with Gasteiger partial charge in [-0.15, -0.1) is 0 Å². The first-order valence-electron chi connectivity index (χ1n) is 7.88. The highest BCUT2D eigenvalue weighted by atomic mass is 16.5. The summed E-state index contributed by atoms with van der Waals surface area (Å²) >= 11 is 0. The Bertz CT molecular complexity index is 539. The zero-order valence-electron chi connectivity index (χ0n) is 13.7. The fourth-order valence-electron chi connectivity index (χ4n) is 2.79. The van der Waals surface area contributed by atoms with Crippen molar-refractivity contribution < 1.29 is 14.3 Å². The normalized spacial score (nSPS) is 18.5. The first kappa shape index (κ1) is 16.4. The highest BCUT2D eigenvalue weighted by Crippen LogP contribution is 2.28. The lowest BCUT2D eigenvalue weighted by atomic mass is 10.0. The van der Waals surface area contributed by atoms with Gasteiger partial charge in [0.05, 0.1) is 7.11 Å². The van der Waals surface area contributed by atoms with E-state index in [0.717, 1.165) is 24.9 Å². The number of ether oxygens (including phenoxy) is 2. The van der Waals surface area contributed by atoms with Gasteiger partial charge in [-0.1, -0.05) is 18.2 Å². The van der Waals surface area contributed by atoms with E-state index in [4.69, 9.17) is 9.47 Å². The number of amides is 1. The summed E-state index contributed by atoms with van der Waals surface area (Å²) in [5.74, 6) is 1.30. The second kappa shape index (κ2) is 7.87. The van der Waals surface area contributed by atoms with Crippen LogP contribution in [0.5, 0.6) is 11.5 Å². The number of piperidine rings is 1. The van der Waals surface area contributed by atoms with Gasteiger partial charge in [-0.25, -0.2) is 0 Å². The summed E-state index contributed by atoms with van der Waals surface area (Å²) in [7, 11) is 1.61. The molecule has 1 unspecified atom stereocenters. The summed E-state index contributed by atoms with van der Waals surface area (Å²) in [5, 5.41) is 0. The lowest BCUT2D eigenvalue weighted by Gasteiger charge is -2.33. The minimum Gasteiger partial charge on any atom is -0.493 e. The fraction of sp³-hybridized carbons (Fsp3) is 0.500. The molecule has 1 saturated heterocycles. The summed E-state index contributed by atoms with van der Waals surface area (Å²) < 4.78 is 11.0. The van der Waals surface area contributed by atoms with Crippen LogP contribution in [-0.2, 0) is 4.79 Å². The number of carbonyl (C=O) groups excluding carboxylic acids is 1. The van der Waals surface area contributed by atoms with Gasteiger partial charge in [0.25, 0.3) is 5.91 Å². The maximum absolute atomic E-state index is 12.3. The molecule has 1 aromatic carbocycles. The minimum atomic E-state index is 0.0479. The molecule has 4 nitrogen and oxygen atoms in total. The van der Waals surface area contributed by atoms with Gasteiger partial charge in [0.2, 0.25) is 0 Å². The molecule has 0 spiro atoms. The van der Waals surface area contributed by atoms with Crippen LogP contribution in [0.4, 0.5) is 0 Å². The van der Waals surface area contributed by atoms with E-state index in [9.17, 15) is 4.79 Å². The summed E-state index contributed by atoms with van der Waals surface area (Å²) in [5.41, 5.74) is 1.04. The summed E-state index contributed by atoms with van der Waals surface area (Å²) in [6.45, 7) is 4.96. The third-order valence-corrected chi connectivity index (χ3v) is 4.02. The number of rotatable bonds is 5. The second-order valence-electron chi connectivity index (χ2n) is 5.63. The lowest BCUT2D eigenvalue weighted by molar-refractivity contribution is -0.136. The molecule has 0 saturated carbocycles. The molecule has 22 heavy (non-hydrogen) atoms. The van der Waals surface area contributed by atoms with E-state index in [0.29, 0.717) is 17.5 Å². The molecular weight excluding hydrogens is 278 g/mol. The van der Waals surface area contributed by atoms with Crippen LogP contribution >= 0.6 is 0 Å². The van der Waals surface area contributed by atoms with Crippen LogP contribution in [0.1, 0.15) is 38.7 Å². The molecule has 0 aromatic heterocycles. The van der Waals surface area contributed by atoms with Crippen LogP contribution in [-0.4, -0.2) is 37.1 Å². The molecule has 4 heteroatoms. The van der Waals surface area contributed by atoms with Gasteiger partial charge >= 0.3 is 0 Å². The maximum atomic E-state index is 12.3. The van der Waals surface area contributed by atoms with E-state index >= 15 is 0 Å². The molecule has 0 radical (unpaired) electrons. The number of hydrogen-bond donors (Lipinski definition) is 0. The van der Waals surface area contributed by atoms with Gasteiger partial charge in [0.15, 0.2) is 18.1 Å². The Morgan fingerprint density at radius 1 is 1.36 bits per heavy atom. The standard InChI is InChI=1S/C18H25NO3/c1-4-7-15-9-10-16(17(12-15)21-3)22-13-18(20)19-11-6-5-8-14(19)2/h4,7,9-10,12,14H,5-6,8,11,13H2,1-3H3. The van der Waals surface area contributed by atoms with Crippen LogP contribution in [0.2, 0.25) is 0 Å². The monoisotopic (exact) mass is 303 g/mol. The Kier molecular flexibility index (Phi) is 5.87. The number of benzene rings is 1. The lowest BCUT2D eigenvalue weighted by Crippen LogP contribution is -2.44. The van der Waals surface area contributed by atoms with E-state index in [1.54, 1.807) is 7.11 Å². The third-order valence-electron chi connectivity index (χ3n) is 4.02. The molecule has 1 atom stereocenters. The number of likely N-dealkylation sites (tertiary alicyclic amines) is 1.